The lowest BCUT2D eigenvalue weighted by atomic mass is 10.1. The first-order valence-electron chi connectivity index (χ1n) is 12.2. The predicted molar refractivity (Wildman–Crippen MR) is 134 cm³/mol. The molecule has 0 aliphatic carbocycles. The number of carbonyl (C=O) groups is 2. The first-order chi connectivity index (χ1) is 16.2. The largest absolute Gasteiger partial charge is 0.508 e. The minimum Gasteiger partial charge on any atom is -0.480 e. The molecule has 0 aliphatic rings. The van der Waals surface area contributed by atoms with E-state index in [1.807, 2.05) is 30.3 Å². The van der Waals surface area contributed by atoms with Crippen molar-refractivity contribution in [1.82, 2.24) is 10.6 Å². The second-order valence-corrected chi connectivity index (χ2v) is 10.7. The summed E-state index contributed by atoms with van der Waals surface area (Å²) in [4.78, 5) is 23.0. The molecule has 0 fully saturated rings. The fraction of sp³-hybridized carbons (Fsp3) is 0.680. The molecule has 0 saturated heterocycles. The van der Waals surface area contributed by atoms with Crippen LogP contribution in [0.2, 0.25) is 0 Å². The molecule has 0 bridgehead atoms. The number of carboxylic acids is 1. The molecule has 1 amide bonds. The van der Waals surface area contributed by atoms with Crippen molar-refractivity contribution < 1.29 is 28.5 Å². The Morgan fingerprint density at radius 3 is 2.21 bits per heavy atom. The monoisotopic (exact) mass is 497 g/mol. The molecule has 0 aromatic heterocycles. The third-order valence-electron chi connectivity index (χ3n) is 5.03. The van der Waals surface area contributed by atoms with E-state index in [2.05, 4.69) is 10.6 Å². The molecular formula is C25H42N2O6P+. The van der Waals surface area contributed by atoms with Crippen molar-refractivity contribution in [3.05, 3.63) is 35.9 Å². The van der Waals surface area contributed by atoms with Crippen LogP contribution in [-0.2, 0) is 25.2 Å². The average molecular weight is 498 g/mol. The van der Waals surface area contributed by atoms with Crippen LogP contribution in [0.1, 0.15) is 77.7 Å². The Morgan fingerprint density at radius 2 is 1.59 bits per heavy atom. The summed E-state index contributed by atoms with van der Waals surface area (Å²) in [5.74, 6) is -0.874. The van der Waals surface area contributed by atoms with Gasteiger partial charge in [0.1, 0.15) is 18.2 Å². The lowest BCUT2D eigenvalue weighted by molar-refractivity contribution is -0.139. The normalized spacial score (nSPS) is 12.7. The number of hydrogen-bond donors (Lipinski definition) is 3. The molecule has 9 heteroatoms. The zero-order chi connectivity index (χ0) is 25.2. The van der Waals surface area contributed by atoms with E-state index in [-0.39, 0.29) is 0 Å². The molecule has 0 radical (unpaired) electrons. The molecule has 0 heterocycles. The second-order valence-electron chi connectivity index (χ2n) is 9.35. The Balaban J connectivity index is 1.99. The fourth-order valence-electron chi connectivity index (χ4n) is 3.30. The Labute approximate surface area is 205 Å². The van der Waals surface area contributed by atoms with E-state index in [0.717, 1.165) is 50.5 Å². The summed E-state index contributed by atoms with van der Waals surface area (Å²) < 4.78 is 22.5. The minimum absolute atomic E-state index is 0.307. The van der Waals surface area contributed by atoms with Gasteiger partial charge < -0.3 is 20.5 Å². The van der Waals surface area contributed by atoms with Crippen LogP contribution in [0.4, 0.5) is 4.79 Å². The molecule has 0 spiro atoms. The first-order valence-corrected chi connectivity index (χ1v) is 13.6. The van der Waals surface area contributed by atoms with Gasteiger partial charge in [-0.3, -0.25) is 4.79 Å². The number of carboxylic acid groups (broad SMARTS) is 1. The predicted octanol–water partition coefficient (Wildman–Crippen LogP) is 5.63. The van der Waals surface area contributed by atoms with Crippen LogP contribution in [0, 0.1) is 0 Å². The number of amides is 1. The minimum atomic E-state index is -1.61. The van der Waals surface area contributed by atoms with Gasteiger partial charge in [-0.2, -0.15) is 0 Å². The lowest BCUT2D eigenvalue weighted by Crippen LogP contribution is -2.42. The molecule has 192 valence electrons. The average Bonchev–Trinajstić information content (AvgIpc) is 2.77. The quantitative estimate of drug-likeness (QED) is 0.178. The lowest BCUT2D eigenvalue weighted by Gasteiger charge is -2.20. The number of alkyl carbamates (subject to hydrolysis) is 1. The fourth-order valence-corrected chi connectivity index (χ4v) is 4.20. The van der Waals surface area contributed by atoms with E-state index < -0.39 is 31.7 Å². The van der Waals surface area contributed by atoms with Crippen LogP contribution in [0.3, 0.4) is 0 Å². The van der Waals surface area contributed by atoms with E-state index in [1.54, 1.807) is 20.8 Å². The van der Waals surface area contributed by atoms with Gasteiger partial charge in [0.2, 0.25) is 0 Å². The Hall–Kier alpha value is -2.02. The molecule has 34 heavy (non-hydrogen) atoms. The topological polar surface area (TPSA) is 114 Å². The molecule has 3 N–H and O–H groups in total. The second kappa shape index (κ2) is 17.4. The van der Waals surface area contributed by atoms with Crippen LogP contribution >= 0.6 is 8.03 Å². The summed E-state index contributed by atoms with van der Waals surface area (Å²) in [6.45, 7) is 6.43. The van der Waals surface area contributed by atoms with Crippen LogP contribution in [-0.4, -0.2) is 48.1 Å². The van der Waals surface area contributed by atoms with Gasteiger partial charge in [-0.05, 0) is 50.2 Å². The molecule has 8 nitrogen and oxygen atoms in total. The van der Waals surface area contributed by atoms with Crippen molar-refractivity contribution in [3.8, 4) is 0 Å². The van der Waals surface area contributed by atoms with Gasteiger partial charge in [0.05, 0.1) is 0 Å². The van der Waals surface area contributed by atoms with E-state index in [9.17, 15) is 19.3 Å². The number of carbonyl (C=O) groups excluding carboxylic acids is 1. The Morgan fingerprint density at radius 1 is 0.971 bits per heavy atom. The molecule has 0 aliphatic heterocycles. The van der Waals surface area contributed by atoms with Gasteiger partial charge in [0, 0.05) is 13.1 Å². The molecule has 2 atom stereocenters. The summed E-state index contributed by atoms with van der Waals surface area (Å²) in [5.41, 5.74) is 0.473. The van der Waals surface area contributed by atoms with Crippen molar-refractivity contribution in [2.24, 2.45) is 0 Å². The summed E-state index contributed by atoms with van der Waals surface area (Å²) >= 11 is 0. The Bertz CT molecular complexity index is 724. The van der Waals surface area contributed by atoms with E-state index in [0.29, 0.717) is 32.3 Å². The number of ether oxygens (including phenoxy) is 1. The first kappa shape index (κ1) is 30.0. The number of unbranched alkanes of at least 4 members (excludes halogenated alkanes) is 6. The van der Waals surface area contributed by atoms with E-state index in [4.69, 9.17) is 9.26 Å². The van der Waals surface area contributed by atoms with Gasteiger partial charge in [0.25, 0.3) is 0 Å². The van der Waals surface area contributed by atoms with E-state index >= 15 is 0 Å². The maximum absolute atomic E-state index is 11.9. The highest BCUT2D eigenvalue weighted by Crippen LogP contribution is 2.26. The van der Waals surface area contributed by atoms with E-state index in [1.165, 1.54) is 0 Å². The van der Waals surface area contributed by atoms with Gasteiger partial charge in [-0.15, -0.1) is 4.52 Å². The summed E-state index contributed by atoms with van der Waals surface area (Å²) in [6.07, 6.45) is 7.62. The van der Waals surface area contributed by atoms with Crippen LogP contribution < -0.4 is 10.6 Å². The van der Waals surface area contributed by atoms with Gasteiger partial charge in [-0.1, -0.05) is 62.4 Å². The molecule has 1 aromatic carbocycles. The summed E-state index contributed by atoms with van der Waals surface area (Å²) in [7, 11) is -1.61. The molecule has 1 unspecified atom stereocenters. The Kier molecular flexibility index (Phi) is 15.4. The highest BCUT2D eigenvalue weighted by atomic mass is 31.1. The van der Waals surface area contributed by atoms with Crippen LogP contribution in [0.15, 0.2) is 30.3 Å². The maximum Gasteiger partial charge on any atom is 0.508 e. The zero-order valence-electron chi connectivity index (χ0n) is 20.9. The number of aliphatic carboxylic acids is 1. The molecular weight excluding hydrogens is 455 g/mol. The maximum atomic E-state index is 11.9. The van der Waals surface area contributed by atoms with Gasteiger partial charge in [0.15, 0.2) is 6.16 Å². The van der Waals surface area contributed by atoms with Gasteiger partial charge in [-0.25, -0.2) is 4.79 Å². The molecule has 1 aromatic rings. The SMILES string of the molecule is CC(C)(C)OC(=O)NCCN[C@H](CCCCCCCCC[P+](=O)OCc1ccccc1)C(=O)O. The number of benzene rings is 1. The highest BCUT2D eigenvalue weighted by molar-refractivity contribution is 7.39. The van der Waals surface area contributed by atoms with Crippen LogP contribution in [0.25, 0.3) is 0 Å². The summed E-state index contributed by atoms with van der Waals surface area (Å²) in [5, 5.41) is 15.0. The van der Waals surface area contributed by atoms with Crippen molar-refractivity contribution >= 4 is 20.1 Å². The number of nitrogens with one attached hydrogen (secondary N) is 2. The highest BCUT2D eigenvalue weighted by Gasteiger charge is 2.18. The van der Waals surface area contributed by atoms with Crippen molar-refractivity contribution in [2.45, 2.75) is 90.4 Å². The summed E-state index contributed by atoms with van der Waals surface area (Å²) in [6, 6.07) is 9.13. The van der Waals surface area contributed by atoms with Crippen molar-refractivity contribution in [2.75, 3.05) is 19.3 Å². The van der Waals surface area contributed by atoms with Crippen LogP contribution in [0.5, 0.6) is 0 Å². The third kappa shape index (κ3) is 16.6. The zero-order valence-corrected chi connectivity index (χ0v) is 21.8. The number of hydrogen-bond acceptors (Lipinski definition) is 6. The standard InChI is InChI=1S/C25H41N2O6P/c1-25(2,3)33-24(30)27-18-17-26-22(23(28)29)16-12-7-5-4-6-8-13-19-34(31)32-20-21-14-10-9-11-15-21/h9-11,14-15,22,26H,4-8,12-13,16-20H2,1-3H3,(H-,27,28,29,30)/p+1/t22-/m1/s1. The van der Waals surface area contributed by atoms with Crippen molar-refractivity contribution in [1.29, 1.82) is 0 Å². The van der Waals surface area contributed by atoms with Gasteiger partial charge >= 0.3 is 20.1 Å². The smallest absolute Gasteiger partial charge is 0.480 e. The molecule has 1 rings (SSSR count). The number of rotatable bonds is 18. The van der Waals surface area contributed by atoms with Crippen molar-refractivity contribution in [3.63, 3.8) is 0 Å². The molecule has 0 saturated carbocycles. The third-order valence-corrected chi connectivity index (χ3v) is 6.13.